The Morgan fingerprint density at radius 2 is 1.82 bits per heavy atom. The predicted octanol–water partition coefficient (Wildman–Crippen LogP) is 3.58. The summed E-state index contributed by atoms with van der Waals surface area (Å²) in [7, 11) is 1.96. The number of likely N-dealkylation sites (N-methyl/N-ethyl adjacent to an activating group) is 1. The molecule has 0 saturated carbocycles. The molecule has 0 radical (unpaired) electrons. The van der Waals surface area contributed by atoms with Gasteiger partial charge in [0.05, 0.1) is 0 Å². The van der Waals surface area contributed by atoms with Crippen LogP contribution in [0, 0.1) is 0 Å². The molecule has 0 spiro atoms. The molecule has 0 aliphatic rings. The highest BCUT2D eigenvalue weighted by Crippen LogP contribution is 2.23. The molecule has 1 rings (SSSR count). The second-order valence-corrected chi connectivity index (χ2v) is 5.16. The lowest BCUT2D eigenvalue weighted by molar-refractivity contribution is 0.0858. The van der Waals surface area contributed by atoms with E-state index in [0.717, 1.165) is 18.7 Å². The molecule has 1 N–H and O–H groups in total. The smallest absolute Gasteiger partial charge is 0.120 e. The predicted molar refractivity (Wildman–Crippen MR) is 73.8 cm³/mol. The van der Waals surface area contributed by atoms with Gasteiger partial charge in [0.1, 0.15) is 11.4 Å². The quantitative estimate of drug-likeness (QED) is 0.813. The normalized spacial score (nSPS) is 14.7. The minimum absolute atomic E-state index is 0.131. The van der Waals surface area contributed by atoms with Crippen molar-refractivity contribution in [1.82, 2.24) is 5.32 Å². The highest BCUT2D eigenvalue weighted by Gasteiger charge is 2.23. The van der Waals surface area contributed by atoms with Gasteiger partial charge in [-0.3, -0.25) is 0 Å². The fourth-order valence-corrected chi connectivity index (χ4v) is 1.81. The first kappa shape index (κ1) is 14.0. The third-order valence-electron chi connectivity index (χ3n) is 3.21. The van der Waals surface area contributed by atoms with Crippen molar-refractivity contribution >= 4 is 0 Å². The average molecular weight is 235 g/mol. The lowest BCUT2D eigenvalue weighted by Crippen LogP contribution is -2.41. The van der Waals surface area contributed by atoms with E-state index in [2.05, 4.69) is 57.3 Å². The van der Waals surface area contributed by atoms with Crippen LogP contribution in [0.3, 0.4) is 0 Å². The molecular weight excluding hydrogens is 210 g/mol. The van der Waals surface area contributed by atoms with Crippen LogP contribution in [0.4, 0.5) is 0 Å². The van der Waals surface area contributed by atoms with Gasteiger partial charge in [0, 0.05) is 6.54 Å². The van der Waals surface area contributed by atoms with Crippen LogP contribution < -0.4 is 10.1 Å². The summed E-state index contributed by atoms with van der Waals surface area (Å²) in [5, 5.41) is 3.18. The van der Waals surface area contributed by atoms with Crippen LogP contribution in [0.2, 0.25) is 0 Å². The summed E-state index contributed by atoms with van der Waals surface area (Å²) in [6.07, 6.45) is 0.986. The molecule has 2 nitrogen and oxygen atoms in total. The largest absolute Gasteiger partial charge is 0.486 e. The average Bonchev–Trinajstić information content (AvgIpc) is 2.30. The molecule has 1 aromatic rings. The van der Waals surface area contributed by atoms with E-state index >= 15 is 0 Å². The maximum atomic E-state index is 6.06. The summed E-state index contributed by atoms with van der Waals surface area (Å²) in [5.41, 5.74) is 1.22. The first-order valence-electron chi connectivity index (χ1n) is 6.44. The first-order valence-corrected chi connectivity index (χ1v) is 6.44. The molecular formula is C15H25NO. The molecule has 0 aliphatic carbocycles. The van der Waals surface area contributed by atoms with Crippen molar-refractivity contribution in [1.29, 1.82) is 0 Å². The molecule has 0 aliphatic heterocycles. The van der Waals surface area contributed by atoms with E-state index in [-0.39, 0.29) is 5.60 Å². The second kappa shape index (κ2) is 6.06. The number of hydrogen-bond acceptors (Lipinski definition) is 2. The van der Waals surface area contributed by atoms with E-state index in [1.807, 2.05) is 7.05 Å². The summed E-state index contributed by atoms with van der Waals surface area (Å²) >= 11 is 0. The van der Waals surface area contributed by atoms with E-state index in [1.54, 1.807) is 0 Å². The zero-order chi connectivity index (χ0) is 12.9. The van der Waals surface area contributed by atoms with Crippen molar-refractivity contribution in [3.63, 3.8) is 0 Å². The van der Waals surface area contributed by atoms with Gasteiger partial charge in [-0.1, -0.05) is 32.9 Å². The summed E-state index contributed by atoms with van der Waals surface area (Å²) in [6, 6.07) is 8.43. The minimum Gasteiger partial charge on any atom is -0.486 e. The van der Waals surface area contributed by atoms with Crippen molar-refractivity contribution in [2.45, 2.75) is 45.6 Å². The second-order valence-electron chi connectivity index (χ2n) is 5.16. The molecule has 0 aromatic heterocycles. The maximum Gasteiger partial charge on any atom is 0.120 e. The Hall–Kier alpha value is -1.02. The molecule has 96 valence electrons. The summed E-state index contributed by atoms with van der Waals surface area (Å²) in [6.45, 7) is 9.55. The van der Waals surface area contributed by atoms with Crippen molar-refractivity contribution in [2.24, 2.45) is 0 Å². The van der Waals surface area contributed by atoms with Crippen molar-refractivity contribution < 1.29 is 4.74 Å². The molecule has 0 amide bonds. The fraction of sp³-hybridized carbons (Fsp3) is 0.600. The van der Waals surface area contributed by atoms with Crippen LogP contribution in [-0.2, 0) is 0 Å². The molecule has 0 bridgehead atoms. The Morgan fingerprint density at radius 1 is 1.24 bits per heavy atom. The van der Waals surface area contributed by atoms with Crippen LogP contribution in [-0.4, -0.2) is 19.2 Å². The Kier molecular flexibility index (Phi) is 5.01. The van der Waals surface area contributed by atoms with Gasteiger partial charge in [0.2, 0.25) is 0 Å². The van der Waals surface area contributed by atoms with Gasteiger partial charge in [-0.05, 0) is 44.0 Å². The van der Waals surface area contributed by atoms with Crippen molar-refractivity contribution in [2.75, 3.05) is 13.6 Å². The van der Waals surface area contributed by atoms with E-state index in [0.29, 0.717) is 5.92 Å². The van der Waals surface area contributed by atoms with Crippen LogP contribution in [0.25, 0.3) is 0 Å². The summed E-state index contributed by atoms with van der Waals surface area (Å²) < 4.78 is 6.06. The van der Waals surface area contributed by atoms with Crippen LogP contribution in [0.15, 0.2) is 24.3 Å². The summed E-state index contributed by atoms with van der Waals surface area (Å²) in [4.78, 5) is 0. The third-order valence-corrected chi connectivity index (χ3v) is 3.21. The Morgan fingerprint density at radius 3 is 2.24 bits per heavy atom. The van der Waals surface area contributed by atoms with E-state index in [1.165, 1.54) is 5.56 Å². The van der Waals surface area contributed by atoms with Crippen molar-refractivity contribution in [3.05, 3.63) is 29.8 Å². The zero-order valence-electron chi connectivity index (χ0n) is 11.7. The number of ether oxygens (including phenoxy) is 1. The number of hydrogen-bond donors (Lipinski definition) is 1. The van der Waals surface area contributed by atoms with Gasteiger partial charge in [-0.25, -0.2) is 0 Å². The van der Waals surface area contributed by atoms with Gasteiger partial charge in [0.25, 0.3) is 0 Å². The van der Waals surface area contributed by atoms with Gasteiger partial charge >= 0.3 is 0 Å². The first-order chi connectivity index (χ1) is 8.00. The van der Waals surface area contributed by atoms with Gasteiger partial charge < -0.3 is 10.1 Å². The third kappa shape index (κ3) is 4.04. The molecule has 2 heteroatoms. The number of benzene rings is 1. The van der Waals surface area contributed by atoms with Gasteiger partial charge in [-0.15, -0.1) is 0 Å². The topological polar surface area (TPSA) is 21.3 Å². The highest BCUT2D eigenvalue weighted by atomic mass is 16.5. The SMILES string of the molecule is CCC(C)(CNC)Oc1ccc(C(C)C)cc1. The Labute approximate surface area is 105 Å². The van der Waals surface area contributed by atoms with Crippen molar-refractivity contribution in [3.8, 4) is 5.75 Å². The Balaban J connectivity index is 2.73. The number of rotatable bonds is 6. The minimum atomic E-state index is -0.131. The lowest BCUT2D eigenvalue weighted by Gasteiger charge is -2.29. The van der Waals surface area contributed by atoms with E-state index in [4.69, 9.17) is 4.74 Å². The standard InChI is InChI=1S/C15H25NO/c1-6-15(4,11-16-5)17-14-9-7-13(8-10-14)12(2)3/h7-10,12,16H,6,11H2,1-5H3. The van der Waals surface area contributed by atoms with Crippen LogP contribution >= 0.6 is 0 Å². The summed E-state index contributed by atoms with van der Waals surface area (Å²) in [5.74, 6) is 1.52. The molecule has 0 heterocycles. The Bertz CT molecular complexity index is 331. The molecule has 0 fully saturated rings. The zero-order valence-corrected chi connectivity index (χ0v) is 11.7. The van der Waals surface area contributed by atoms with Crippen LogP contribution in [0.5, 0.6) is 5.75 Å². The number of nitrogens with one attached hydrogen (secondary N) is 1. The van der Waals surface area contributed by atoms with Crippen LogP contribution in [0.1, 0.15) is 45.6 Å². The molecule has 0 saturated heterocycles. The molecule has 17 heavy (non-hydrogen) atoms. The highest BCUT2D eigenvalue weighted by molar-refractivity contribution is 5.29. The fourth-order valence-electron chi connectivity index (χ4n) is 1.81. The van der Waals surface area contributed by atoms with Gasteiger partial charge in [0.15, 0.2) is 0 Å². The van der Waals surface area contributed by atoms with Gasteiger partial charge in [-0.2, -0.15) is 0 Å². The maximum absolute atomic E-state index is 6.06. The molecule has 1 atom stereocenters. The molecule has 1 aromatic carbocycles. The molecule has 1 unspecified atom stereocenters. The van der Waals surface area contributed by atoms with E-state index < -0.39 is 0 Å². The lowest BCUT2D eigenvalue weighted by atomic mass is 10.0. The monoisotopic (exact) mass is 235 g/mol. The van der Waals surface area contributed by atoms with E-state index in [9.17, 15) is 0 Å².